The Morgan fingerprint density at radius 3 is 2.63 bits per heavy atom. The molecule has 0 bridgehead atoms. The predicted molar refractivity (Wildman–Crippen MR) is 77.9 cm³/mol. The third-order valence-electron chi connectivity index (χ3n) is 3.53. The summed E-state index contributed by atoms with van der Waals surface area (Å²) < 4.78 is 0. The van der Waals surface area contributed by atoms with Gasteiger partial charge in [-0.05, 0) is 50.5 Å². The van der Waals surface area contributed by atoms with Crippen molar-refractivity contribution in [1.29, 1.82) is 0 Å². The number of likely N-dealkylation sites (tertiary alicyclic amines) is 1. The Hall–Kier alpha value is -1.14. The highest BCUT2D eigenvalue weighted by Crippen LogP contribution is 2.19. The number of hydrogen-bond donors (Lipinski definition) is 1. The smallest absolute Gasteiger partial charge is 0.231 e. The van der Waals surface area contributed by atoms with E-state index < -0.39 is 0 Å². The number of aromatic nitrogens is 3. The molecule has 106 valence electrons. The lowest BCUT2D eigenvalue weighted by Crippen LogP contribution is -2.36. The van der Waals surface area contributed by atoms with Crippen LogP contribution in [0.2, 0.25) is 5.28 Å². The molecular formula is C12H21ClN6. The van der Waals surface area contributed by atoms with Crippen molar-refractivity contribution >= 4 is 23.5 Å². The van der Waals surface area contributed by atoms with E-state index in [1.54, 1.807) is 7.05 Å². The summed E-state index contributed by atoms with van der Waals surface area (Å²) in [6.45, 7) is 3.29. The SMILES string of the molecule is CNc1nc(Cl)nc(N(C)CC2CCN(C)CC2)n1. The molecular weight excluding hydrogens is 264 g/mol. The third-order valence-corrected chi connectivity index (χ3v) is 3.70. The van der Waals surface area contributed by atoms with E-state index in [-0.39, 0.29) is 5.28 Å². The van der Waals surface area contributed by atoms with Gasteiger partial charge < -0.3 is 15.1 Å². The van der Waals surface area contributed by atoms with Gasteiger partial charge in [0.05, 0.1) is 0 Å². The molecule has 0 amide bonds. The highest BCUT2D eigenvalue weighted by molar-refractivity contribution is 6.28. The van der Waals surface area contributed by atoms with Crippen molar-refractivity contribution in [3.63, 3.8) is 0 Å². The van der Waals surface area contributed by atoms with Gasteiger partial charge in [0.25, 0.3) is 0 Å². The van der Waals surface area contributed by atoms with Crippen molar-refractivity contribution in [3.05, 3.63) is 5.28 Å². The zero-order valence-corrected chi connectivity index (χ0v) is 12.5. The van der Waals surface area contributed by atoms with Crippen LogP contribution in [0.3, 0.4) is 0 Å². The molecule has 0 unspecified atom stereocenters. The van der Waals surface area contributed by atoms with Crippen LogP contribution in [-0.4, -0.2) is 60.6 Å². The number of halogens is 1. The van der Waals surface area contributed by atoms with E-state index >= 15 is 0 Å². The number of piperidine rings is 1. The summed E-state index contributed by atoms with van der Waals surface area (Å²) in [4.78, 5) is 16.9. The molecule has 7 heteroatoms. The van der Waals surface area contributed by atoms with Gasteiger partial charge in [0.1, 0.15) is 0 Å². The lowest BCUT2D eigenvalue weighted by molar-refractivity contribution is 0.222. The fourth-order valence-corrected chi connectivity index (χ4v) is 2.49. The largest absolute Gasteiger partial charge is 0.357 e. The van der Waals surface area contributed by atoms with E-state index in [4.69, 9.17) is 11.6 Å². The molecule has 2 rings (SSSR count). The van der Waals surface area contributed by atoms with Crippen LogP contribution in [0.25, 0.3) is 0 Å². The first kappa shape index (κ1) is 14.3. The molecule has 1 aliphatic rings. The normalized spacial score (nSPS) is 17.5. The molecule has 0 aliphatic carbocycles. The van der Waals surface area contributed by atoms with E-state index in [1.807, 2.05) is 7.05 Å². The van der Waals surface area contributed by atoms with Crippen LogP contribution in [0.5, 0.6) is 0 Å². The second-order valence-corrected chi connectivity index (χ2v) is 5.44. The Morgan fingerprint density at radius 1 is 1.32 bits per heavy atom. The Kier molecular flexibility index (Phi) is 4.76. The summed E-state index contributed by atoms with van der Waals surface area (Å²) in [6.07, 6.45) is 2.44. The molecule has 0 radical (unpaired) electrons. The minimum Gasteiger partial charge on any atom is -0.357 e. The molecule has 19 heavy (non-hydrogen) atoms. The number of nitrogens with one attached hydrogen (secondary N) is 1. The van der Waals surface area contributed by atoms with E-state index in [2.05, 4.69) is 37.1 Å². The first-order valence-corrected chi connectivity index (χ1v) is 6.95. The first-order chi connectivity index (χ1) is 9.08. The van der Waals surface area contributed by atoms with Gasteiger partial charge in [-0.15, -0.1) is 0 Å². The van der Waals surface area contributed by atoms with Crippen molar-refractivity contribution in [2.24, 2.45) is 5.92 Å². The van der Waals surface area contributed by atoms with Crippen LogP contribution in [0, 0.1) is 5.92 Å². The van der Waals surface area contributed by atoms with Crippen molar-refractivity contribution < 1.29 is 0 Å². The number of nitrogens with zero attached hydrogens (tertiary/aromatic N) is 5. The fraction of sp³-hybridized carbons (Fsp3) is 0.750. The molecule has 1 saturated heterocycles. The van der Waals surface area contributed by atoms with Gasteiger partial charge in [0, 0.05) is 20.6 Å². The van der Waals surface area contributed by atoms with E-state index in [0.29, 0.717) is 17.8 Å². The Labute approximate surface area is 119 Å². The quantitative estimate of drug-likeness (QED) is 0.901. The van der Waals surface area contributed by atoms with Gasteiger partial charge >= 0.3 is 0 Å². The van der Waals surface area contributed by atoms with Gasteiger partial charge in [0.2, 0.25) is 17.2 Å². The van der Waals surface area contributed by atoms with E-state index in [1.165, 1.54) is 12.8 Å². The zero-order chi connectivity index (χ0) is 13.8. The summed E-state index contributed by atoms with van der Waals surface area (Å²) in [7, 11) is 5.95. The highest BCUT2D eigenvalue weighted by atomic mass is 35.5. The lowest BCUT2D eigenvalue weighted by atomic mass is 9.97. The maximum Gasteiger partial charge on any atom is 0.231 e. The van der Waals surface area contributed by atoms with Crippen molar-refractivity contribution in [2.75, 3.05) is 51.0 Å². The second-order valence-electron chi connectivity index (χ2n) is 5.11. The maximum absolute atomic E-state index is 5.90. The minimum atomic E-state index is 0.226. The van der Waals surface area contributed by atoms with Gasteiger partial charge in [0.15, 0.2) is 0 Å². The lowest BCUT2D eigenvalue weighted by Gasteiger charge is -2.31. The predicted octanol–water partition coefficient (Wildman–Crippen LogP) is 1.34. The number of anilines is 2. The molecule has 1 fully saturated rings. The van der Waals surface area contributed by atoms with E-state index in [9.17, 15) is 0 Å². The van der Waals surface area contributed by atoms with E-state index in [0.717, 1.165) is 19.6 Å². The van der Waals surface area contributed by atoms with Crippen molar-refractivity contribution in [2.45, 2.75) is 12.8 Å². The molecule has 1 aromatic heterocycles. The molecule has 6 nitrogen and oxygen atoms in total. The molecule has 0 saturated carbocycles. The molecule has 1 N–H and O–H groups in total. The van der Waals surface area contributed by atoms with Crippen molar-refractivity contribution in [1.82, 2.24) is 19.9 Å². The topological polar surface area (TPSA) is 57.2 Å². The van der Waals surface area contributed by atoms with Gasteiger partial charge in [-0.25, -0.2) is 0 Å². The maximum atomic E-state index is 5.90. The second kappa shape index (κ2) is 6.34. The Morgan fingerprint density at radius 2 is 2.00 bits per heavy atom. The summed E-state index contributed by atoms with van der Waals surface area (Å²) >= 11 is 5.90. The summed E-state index contributed by atoms with van der Waals surface area (Å²) in [5.74, 6) is 1.82. The van der Waals surface area contributed by atoms with Gasteiger partial charge in [-0.3, -0.25) is 0 Å². The van der Waals surface area contributed by atoms with Crippen molar-refractivity contribution in [3.8, 4) is 0 Å². The standard InChI is InChI=1S/C12H21ClN6/c1-14-11-15-10(13)16-12(17-11)19(3)8-9-4-6-18(2)7-5-9/h9H,4-8H2,1-3H3,(H,14,15,16,17). The number of rotatable bonds is 4. The summed E-state index contributed by atoms with van der Waals surface area (Å²) in [5, 5.41) is 3.12. The van der Waals surface area contributed by atoms with Gasteiger partial charge in [-0.1, -0.05) is 0 Å². The molecule has 2 heterocycles. The average Bonchev–Trinajstić information content (AvgIpc) is 2.40. The van der Waals surface area contributed by atoms with Crippen LogP contribution < -0.4 is 10.2 Å². The van der Waals surface area contributed by atoms with Crippen LogP contribution in [0.4, 0.5) is 11.9 Å². The van der Waals surface area contributed by atoms with Crippen LogP contribution in [0.15, 0.2) is 0 Å². The third kappa shape index (κ3) is 3.91. The molecule has 0 aromatic carbocycles. The first-order valence-electron chi connectivity index (χ1n) is 6.57. The van der Waals surface area contributed by atoms with Crippen LogP contribution in [-0.2, 0) is 0 Å². The average molecular weight is 285 g/mol. The highest BCUT2D eigenvalue weighted by Gasteiger charge is 2.19. The Bertz CT molecular complexity index is 419. The van der Waals surface area contributed by atoms with Crippen LogP contribution >= 0.6 is 11.6 Å². The molecule has 0 atom stereocenters. The monoisotopic (exact) mass is 284 g/mol. The fourth-order valence-electron chi connectivity index (χ4n) is 2.34. The van der Waals surface area contributed by atoms with Gasteiger partial charge in [-0.2, -0.15) is 15.0 Å². The minimum absolute atomic E-state index is 0.226. The Balaban J connectivity index is 1.99. The molecule has 0 spiro atoms. The number of hydrogen-bond acceptors (Lipinski definition) is 6. The summed E-state index contributed by atoms with van der Waals surface area (Å²) in [6, 6.07) is 0. The summed E-state index contributed by atoms with van der Waals surface area (Å²) in [5.41, 5.74) is 0. The zero-order valence-electron chi connectivity index (χ0n) is 11.7. The molecule has 1 aliphatic heterocycles. The molecule has 1 aromatic rings. The van der Waals surface area contributed by atoms with Crippen LogP contribution in [0.1, 0.15) is 12.8 Å².